The highest BCUT2D eigenvalue weighted by molar-refractivity contribution is 7.80. The molecular weight excluding hydrogens is 432 g/mol. The second-order valence-corrected chi connectivity index (χ2v) is 8.76. The van der Waals surface area contributed by atoms with Gasteiger partial charge < -0.3 is 9.47 Å². The first-order valence-electron chi connectivity index (χ1n) is 10.6. The van der Waals surface area contributed by atoms with Crippen molar-refractivity contribution in [3.05, 3.63) is 82.7 Å². The number of hydrogen-bond acceptors (Lipinski definition) is 4. The van der Waals surface area contributed by atoms with Crippen LogP contribution in [-0.2, 0) is 9.59 Å². The van der Waals surface area contributed by atoms with Crippen LogP contribution in [0.25, 0.3) is 11.8 Å². The summed E-state index contributed by atoms with van der Waals surface area (Å²) in [4.78, 5) is 29.5. The van der Waals surface area contributed by atoms with Gasteiger partial charge in [-0.05, 0) is 92.7 Å². The summed E-state index contributed by atoms with van der Waals surface area (Å²) in [6.45, 7) is 5.93. The fourth-order valence-electron chi connectivity index (χ4n) is 4.05. The Morgan fingerprint density at radius 2 is 1.64 bits per heavy atom. The Labute approximate surface area is 199 Å². The summed E-state index contributed by atoms with van der Waals surface area (Å²) < 4.78 is 2.11. The monoisotopic (exact) mass is 458 g/mol. The molecule has 0 atom stereocenters. The van der Waals surface area contributed by atoms with Crippen molar-refractivity contribution >= 4 is 46.6 Å². The van der Waals surface area contributed by atoms with Gasteiger partial charge in [-0.3, -0.25) is 19.8 Å². The quantitative estimate of drug-likeness (QED) is 0.360. The molecule has 2 aromatic carbocycles. The van der Waals surface area contributed by atoms with Crippen molar-refractivity contribution in [2.45, 2.75) is 20.8 Å². The summed E-state index contributed by atoms with van der Waals surface area (Å²) in [6.07, 6.45) is 1.65. The van der Waals surface area contributed by atoms with Crippen molar-refractivity contribution in [2.75, 3.05) is 23.9 Å². The average molecular weight is 459 g/mol. The number of hydrogen-bond donors (Lipinski definition) is 1. The summed E-state index contributed by atoms with van der Waals surface area (Å²) in [5.74, 6) is -0.927. The molecule has 0 radical (unpaired) electrons. The lowest BCUT2D eigenvalue weighted by atomic mass is 10.1. The molecule has 1 aromatic heterocycles. The van der Waals surface area contributed by atoms with Crippen molar-refractivity contribution in [3.63, 3.8) is 0 Å². The standard InChI is InChI=1S/C26H26N4O2S/c1-16-7-6-8-22(13-16)30-25(32)23(24(31)27-26(30)33)15-19-14-17(2)29(18(19)3)21-11-9-20(10-12-21)28(4)5/h6-15H,1-5H3,(H,27,31,33)/b23-15+. The number of nitrogens with zero attached hydrogens (tertiary/aromatic N) is 3. The van der Waals surface area contributed by atoms with Crippen LogP contribution < -0.4 is 15.1 Å². The topological polar surface area (TPSA) is 57.6 Å². The molecule has 168 valence electrons. The molecule has 6 nitrogen and oxygen atoms in total. The van der Waals surface area contributed by atoms with Crippen LogP contribution in [0.2, 0.25) is 0 Å². The van der Waals surface area contributed by atoms with Gasteiger partial charge in [0, 0.05) is 36.9 Å². The molecule has 3 aromatic rings. The summed E-state index contributed by atoms with van der Waals surface area (Å²) in [7, 11) is 4.01. The summed E-state index contributed by atoms with van der Waals surface area (Å²) in [6, 6.07) is 17.7. The van der Waals surface area contributed by atoms with Crippen LogP contribution in [0, 0.1) is 20.8 Å². The Kier molecular flexibility index (Phi) is 5.91. The molecule has 0 unspecified atom stereocenters. The van der Waals surface area contributed by atoms with Crippen LogP contribution >= 0.6 is 12.2 Å². The molecule has 2 amide bonds. The van der Waals surface area contributed by atoms with E-state index in [4.69, 9.17) is 12.2 Å². The molecule has 1 saturated heterocycles. The molecule has 1 N–H and O–H groups in total. The lowest BCUT2D eigenvalue weighted by Crippen LogP contribution is -2.54. The molecule has 0 bridgehead atoms. The Hall–Kier alpha value is -3.71. The minimum atomic E-state index is -0.492. The number of benzene rings is 2. The van der Waals surface area contributed by atoms with Crippen LogP contribution in [-0.4, -0.2) is 35.6 Å². The molecule has 2 heterocycles. The lowest BCUT2D eigenvalue weighted by molar-refractivity contribution is -0.122. The van der Waals surface area contributed by atoms with Gasteiger partial charge in [-0.15, -0.1) is 0 Å². The zero-order chi connectivity index (χ0) is 23.9. The first kappa shape index (κ1) is 22.5. The second-order valence-electron chi connectivity index (χ2n) is 8.37. The highest BCUT2D eigenvalue weighted by atomic mass is 32.1. The van der Waals surface area contributed by atoms with Crippen LogP contribution in [0.3, 0.4) is 0 Å². The maximum atomic E-state index is 13.3. The van der Waals surface area contributed by atoms with E-state index in [1.165, 1.54) is 4.90 Å². The minimum absolute atomic E-state index is 0.0494. The van der Waals surface area contributed by atoms with E-state index in [0.717, 1.165) is 33.9 Å². The number of carbonyl (C=O) groups is 2. The zero-order valence-corrected chi connectivity index (χ0v) is 20.2. The largest absolute Gasteiger partial charge is 0.378 e. The van der Waals surface area contributed by atoms with Crippen LogP contribution in [0.1, 0.15) is 22.5 Å². The fraction of sp³-hybridized carbons (Fsp3) is 0.192. The van der Waals surface area contributed by atoms with Gasteiger partial charge in [0.15, 0.2) is 5.11 Å². The smallest absolute Gasteiger partial charge is 0.270 e. The summed E-state index contributed by atoms with van der Waals surface area (Å²) in [5.41, 5.74) is 6.55. The molecule has 4 rings (SSSR count). The normalized spacial score (nSPS) is 15.2. The predicted molar refractivity (Wildman–Crippen MR) is 137 cm³/mol. The van der Waals surface area contributed by atoms with E-state index in [9.17, 15) is 9.59 Å². The van der Waals surface area contributed by atoms with Crippen molar-refractivity contribution in [3.8, 4) is 5.69 Å². The fourth-order valence-corrected chi connectivity index (χ4v) is 4.33. The van der Waals surface area contributed by atoms with Gasteiger partial charge in [-0.1, -0.05) is 12.1 Å². The number of nitrogens with one attached hydrogen (secondary N) is 1. The number of carbonyl (C=O) groups excluding carboxylic acids is 2. The van der Waals surface area contributed by atoms with E-state index >= 15 is 0 Å². The molecule has 1 aliphatic rings. The second kappa shape index (κ2) is 8.67. The number of anilines is 2. The zero-order valence-electron chi connectivity index (χ0n) is 19.3. The minimum Gasteiger partial charge on any atom is -0.378 e. The number of rotatable bonds is 4. The van der Waals surface area contributed by atoms with Crippen LogP contribution in [0.15, 0.2) is 60.2 Å². The Morgan fingerprint density at radius 1 is 0.939 bits per heavy atom. The Bertz CT molecular complexity index is 1300. The van der Waals surface area contributed by atoms with Gasteiger partial charge >= 0.3 is 0 Å². The molecule has 7 heteroatoms. The third kappa shape index (κ3) is 4.19. The van der Waals surface area contributed by atoms with Crippen molar-refractivity contribution < 1.29 is 9.59 Å². The molecule has 1 aliphatic heterocycles. The predicted octanol–water partition coefficient (Wildman–Crippen LogP) is 4.30. The van der Waals surface area contributed by atoms with E-state index in [1.54, 1.807) is 12.1 Å². The molecule has 0 aliphatic carbocycles. The molecule has 33 heavy (non-hydrogen) atoms. The molecule has 1 fully saturated rings. The van der Waals surface area contributed by atoms with Crippen molar-refractivity contribution in [1.29, 1.82) is 0 Å². The van der Waals surface area contributed by atoms with Crippen molar-refractivity contribution in [2.24, 2.45) is 0 Å². The van der Waals surface area contributed by atoms with Gasteiger partial charge in [-0.25, -0.2) is 0 Å². The first-order valence-corrected chi connectivity index (χ1v) is 11.0. The molecular formula is C26H26N4O2S. The van der Waals surface area contributed by atoms with E-state index in [1.807, 2.05) is 64.0 Å². The maximum Gasteiger partial charge on any atom is 0.270 e. The maximum absolute atomic E-state index is 13.3. The van der Waals surface area contributed by atoms with E-state index < -0.39 is 11.8 Å². The van der Waals surface area contributed by atoms with E-state index in [-0.39, 0.29) is 10.7 Å². The molecule has 0 spiro atoms. The third-order valence-electron chi connectivity index (χ3n) is 5.76. The third-order valence-corrected chi connectivity index (χ3v) is 6.04. The van der Waals surface area contributed by atoms with Gasteiger partial charge in [0.1, 0.15) is 5.57 Å². The van der Waals surface area contributed by atoms with Gasteiger partial charge in [0.25, 0.3) is 11.8 Å². The Balaban J connectivity index is 1.73. The first-order chi connectivity index (χ1) is 15.7. The van der Waals surface area contributed by atoms with Crippen LogP contribution in [0.5, 0.6) is 0 Å². The Morgan fingerprint density at radius 3 is 2.27 bits per heavy atom. The SMILES string of the molecule is Cc1cccc(N2C(=O)/C(=C/c3cc(C)n(-c4ccc(N(C)C)cc4)c3C)C(=O)NC2=S)c1. The highest BCUT2D eigenvalue weighted by Crippen LogP contribution is 2.27. The number of aryl methyl sites for hydroxylation is 2. The van der Waals surface area contributed by atoms with E-state index in [0.29, 0.717) is 5.69 Å². The summed E-state index contributed by atoms with van der Waals surface area (Å²) in [5, 5.41) is 2.74. The van der Waals surface area contributed by atoms with Gasteiger partial charge in [0.05, 0.1) is 5.69 Å². The highest BCUT2D eigenvalue weighted by Gasteiger charge is 2.34. The lowest BCUT2D eigenvalue weighted by Gasteiger charge is -2.29. The van der Waals surface area contributed by atoms with E-state index in [2.05, 4.69) is 34.1 Å². The van der Waals surface area contributed by atoms with Crippen molar-refractivity contribution in [1.82, 2.24) is 9.88 Å². The number of thiocarbonyl (C=S) groups is 1. The number of aromatic nitrogens is 1. The molecule has 0 saturated carbocycles. The number of amides is 2. The summed E-state index contributed by atoms with van der Waals surface area (Å²) >= 11 is 5.31. The van der Waals surface area contributed by atoms with Crippen LogP contribution in [0.4, 0.5) is 11.4 Å². The average Bonchev–Trinajstić information content (AvgIpc) is 3.04. The van der Waals surface area contributed by atoms with Gasteiger partial charge in [-0.2, -0.15) is 0 Å². The van der Waals surface area contributed by atoms with Gasteiger partial charge in [0.2, 0.25) is 0 Å².